The van der Waals surface area contributed by atoms with Crippen molar-refractivity contribution in [2.75, 3.05) is 5.32 Å². The van der Waals surface area contributed by atoms with Crippen molar-refractivity contribution < 1.29 is 14.7 Å². The Balaban J connectivity index is 1.80. The van der Waals surface area contributed by atoms with Crippen molar-refractivity contribution in [3.8, 4) is 0 Å². The van der Waals surface area contributed by atoms with E-state index in [2.05, 4.69) is 10.3 Å². The van der Waals surface area contributed by atoms with E-state index >= 15 is 0 Å². The molecule has 2 N–H and O–H groups in total. The average molecular weight is 272 g/mol. The molecule has 5 heteroatoms. The fourth-order valence-electron chi connectivity index (χ4n) is 3.37. The van der Waals surface area contributed by atoms with E-state index in [-0.39, 0.29) is 17.7 Å². The minimum atomic E-state index is -0.885. The van der Waals surface area contributed by atoms with Crippen LogP contribution in [0, 0.1) is 30.6 Å². The topological polar surface area (TPSA) is 79.3 Å². The highest BCUT2D eigenvalue weighted by atomic mass is 16.4. The number of allylic oxidation sites excluding steroid dienone is 2. The summed E-state index contributed by atoms with van der Waals surface area (Å²) < 4.78 is 0. The second-order valence-corrected chi connectivity index (χ2v) is 5.58. The summed E-state index contributed by atoms with van der Waals surface area (Å²) in [6.45, 7) is 1.89. The molecule has 2 bridgehead atoms. The zero-order valence-corrected chi connectivity index (χ0v) is 11.1. The average Bonchev–Trinajstić information content (AvgIpc) is 2.98. The molecule has 0 aliphatic heterocycles. The maximum absolute atomic E-state index is 12.4. The van der Waals surface area contributed by atoms with Gasteiger partial charge in [0.25, 0.3) is 0 Å². The van der Waals surface area contributed by atoms with Gasteiger partial charge in [-0.3, -0.25) is 14.6 Å². The predicted molar refractivity (Wildman–Crippen MR) is 73.0 cm³/mol. The summed E-state index contributed by atoms with van der Waals surface area (Å²) in [5.74, 6) is -2.17. The Hall–Kier alpha value is -2.17. The number of aromatic nitrogens is 1. The Kier molecular flexibility index (Phi) is 3.04. The van der Waals surface area contributed by atoms with Gasteiger partial charge in [-0.05, 0) is 36.8 Å². The summed E-state index contributed by atoms with van der Waals surface area (Å²) in [5, 5.41) is 12.1. The third kappa shape index (κ3) is 2.09. The minimum Gasteiger partial charge on any atom is -0.481 e. The molecule has 0 spiro atoms. The Labute approximate surface area is 116 Å². The maximum Gasteiger partial charge on any atom is 0.307 e. The second-order valence-electron chi connectivity index (χ2n) is 5.58. The minimum absolute atomic E-state index is 0.0103. The van der Waals surface area contributed by atoms with Crippen LogP contribution in [0.5, 0.6) is 0 Å². The summed E-state index contributed by atoms with van der Waals surface area (Å²) in [4.78, 5) is 27.8. The molecule has 20 heavy (non-hydrogen) atoms. The van der Waals surface area contributed by atoms with Crippen LogP contribution in [-0.2, 0) is 9.59 Å². The predicted octanol–water partition coefficient (Wildman–Crippen LogP) is 1.85. The van der Waals surface area contributed by atoms with Crippen LogP contribution in [0.15, 0.2) is 30.6 Å². The number of fused-ring (bicyclic) bond motifs is 2. The molecule has 0 saturated heterocycles. The summed E-state index contributed by atoms with van der Waals surface area (Å²) in [6.07, 6.45) is 7.95. The van der Waals surface area contributed by atoms with Crippen molar-refractivity contribution in [1.29, 1.82) is 0 Å². The lowest BCUT2D eigenvalue weighted by Crippen LogP contribution is -2.36. The first-order valence-electron chi connectivity index (χ1n) is 6.70. The molecule has 2 aliphatic rings. The third-order valence-electron chi connectivity index (χ3n) is 4.19. The lowest BCUT2D eigenvalue weighted by atomic mass is 9.82. The Bertz CT molecular complexity index is 597. The van der Waals surface area contributed by atoms with Crippen molar-refractivity contribution in [1.82, 2.24) is 4.98 Å². The monoisotopic (exact) mass is 272 g/mol. The Morgan fingerprint density at radius 1 is 1.25 bits per heavy atom. The van der Waals surface area contributed by atoms with Crippen LogP contribution < -0.4 is 5.32 Å². The standard InChI is InChI=1S/C15H16N2O3/c1-8-4-11(7-16-6-8)17-14(18)12-9-2-3-10(5-9)13(12)15(19)20/h2-4,6-7,9-10,12-13H,5H2,1H3,(H,17,18)(H,19,20)/t9?,10?,12-,13+/m0/s1. The van der Waals surface area contributed by atoms with Gasteiger partial charge >= 0.3 is 5.97 Å². The van der Waals surface area contributed by atoms with Crippen LogP contribution >= 0.6 is 0 Å². The van der Waals surface area contributed by atoms with E-state index in [4.69, 9.17) is 0 Å². The molecule has 5 nitrogen and oxygen atoms in total. The summed E-state index contributed by atoms with van der Waals surface area (Å²) in [6, 6.07) is 1.82. The zero-order chi connectivity index (χ0) is 14.3. The van der Waals surface area contributed by atoms with Gasteiger partial charge in [-0.2, -0.15) is 0 Å². The molecule has 0 aromatic carbocycles. The van der Waals surface area contributed by atoms with Crippen molar-refractivity contribution in [3.63, 3.8) is 0 Å². The first kappa shape index (κ1) is 12.8. The molecular weight excluding hydrogens is 256 g/mol. The van der Waals surface area contributed by atoms with Crippen LogP contribution in [0.2, 0.25) is 0 Å². The van der Waals surface area contributed by atoms with Gasteiger partial charge in [0.2, 0.25) is 5.91 Å². The number of aryl methyl sites for hydroxylation is 1. The van der Waals surface area contributed by atoms with E-state index in [0.29, 0.717) is 5.69 Å². The highest BCUT2D eigenvalue weighted by molar-refractivity contribution is 5.96. The Morgan fingerprint density at radius 3 is 2.60 bits per heavy atom. The summed E-state index contributed by atoms with van der Waals surface area (Å²) in [5.41, 5.74) is 1.57. The van der Waals surface area contributed by atoms with Gasteiger partial charge < -0.3 is 10.4 Å². The fraction of sp³-hybridized carbons (Fsp3) is 0.400. The molecule has 1 amide bonds. The molecule has 2 aliphatic carbocycles. The molecule has 1 fully saturated rings. The van der Waals surface area contributed by atoms with Gasteiger partial charge in [0.1, 0.15) is 0 Å². The van der Waals surface area contributed by atoms with Crippen molar-refractivity contribution in [3.05, 3.63) is 36.2 Å². The number of anilines is 1. The van der Waals surface area contributed by atoms with Crippen LogP contribution in [0.25, 0.3) is 0 Å². The quantitative estimate of drug-likeness (QED) is 0.823. The number of nitrogens with zero attached hydrogens (tertiary/aromatic N) is 1. The molecule has 1 heterocycles. The lowest BCUT2D eigenvalue weighted by Gasteiger charge is -2.23. The van der Waals surface area contributed by atoms with Gasteiger partial charge in [0, 0.05) is 6.20 Å². The number of carboxylic acid groups (broad SMARTS) is 1. The number of carbonyl (C=O) groups excluding carboxylic acids is 1. The van der Waals surface area contributed by atoms with Gasteiger partial charge in [0.15, 0.2) is 0 Å². The van der Waals surface area contributed by atoms with Gasteiger partial charge in [-0.1, -0.05) is 12.2 Å². The molecule has 1 saturated carbocycles. The van der Waals surface area contributed by atoms with Gasteiger partial charge in [-0.25, -0.2) is 0 Å². The third-order valence-corrected chi connectivity index (χ3v) is 4.19. The highest BCUT2D eigenvalue weighted by Gasteiger charge is 2.51. The number of rotatable bonds is 3. The summed E-state index contributed by atoms with van der Waals surface area (Å²) in [7, 11) is 0. The second kappa shape index (κ2) is 4.74. The number of hydrogen-bond donors (Lipinski definition) is 2. The van der Waals surface area contributed by atoms with Crippen LogP contribution in [0.1, 0.15) is 12.0 Å². The SMILES string of the molecule is Cc1cncc(NC(=O)[C@H]2C3C=CC(C3)[C@H]2C(=O)O)c1. The molecule has 1 aromatic heterocycles. The number of amides is 1. The van der Waals surface area contributed by atoms with Gasteiger partial charge in [-0.15, -0.1) is 0 Å². The smallest absolute Gasteiger partial charge is 0.307 e. The highest BCUT2D eigenvalue weighted by Crippen LogP contribution is 2.48. The maximum atomic E-state index is 12.4. The largest absolute Gasteiger partial charge is 0.481 e. The molecule has 2 unspecified atom stereocenters. The molecular formula is C15H16N2O3. The van der Waals surface area contributed by atoms with Crippen molar-refractivity contribution >= 4 is 17.6 Å². The lowest BCUT2D eigenvalue weighted by molar-refractivity contribution is -0.146. The van der Waals surface area contributed by atoms with E-state index < -0.39 is 17.8 Å². The molecule has 3 rings (SSSR count). The van der Waals surface area contributed by atoms with E-state index in [1.807, 2.05) is 25.1 Å². The number of hydrogen-bond acceptors (Lipinski definition) is 3. The number of aliphatic carboxylic acids is 1. The molecule has 104 valence electrons. The van der Waals surface area contributed by atoms with E-state index in [0.717, 1.165) is 12.0 Å². The van der Waals surface area contributed by atoms with Crippen LogP contribution in [0.3, 0.4) is 0 Å². The van der Waals surface area contributed by atoms with Crippen LogP contribution in [-0.4, -0.2) is 22.0 Å². The normalized spacial score (nSPS) is 30.4. The molecule has 1 aromatic rings. The number of carbonyl (C=O) groups is 2. The van der Waals surface area contributed by atoms with E-state index in [1.54, 1.807) is 12.4 Å². The number of carboxylic acids is 1. The van der Waals surface area contributed by atoms with E-state index in [9.17, 15) is 14.7 Å². The van der Waals surface area contributed by atoms with E-state index in [1.165, 1.54) is 0 Å². The van der Waals surface area contributed by atoms with Crippen molar-refractivity contribution in [2.45, 2.75) is 13.3 Å². The molecule has 0 radical (unpaired) electrons. The first-order chi connectivity index (χ1) is 9.56. The van der Waals surface area contributed by atoms with Crippen LogP contribution in [0.4, 0.5) is 5.69 Å². The molecule has 4 atom stereocenters. The zero-order valence-electron chi connectivity index (χ0n) is 11.1. The summed E-state index contributed by atoms with van der Waals surface area (Å²) >= 11 is 0. The number of pyridine rings is 1. The first-order valence-corrected chi connectivity index (χ1v) is 6.70. The Morgan fingerprint density at radius 2 is 1.95 bits per heavy atom. The fourth-order valence-corrected chi connectivity index (χ4v) is 3.37. The number of nitrogens with one attached hydrogen (secondary N) is 1. The van der Waals surface area contributed by atoms with Gasteiger partial charge in [0.05, 0.1) is 23.7 Å². The van der Waals surface area contributed by atoms with Crippen molar-refractivity contribution in [2.24, 2.45) is 23.7 Å².